The van der Waals surface area contributed by atoms with E-state index >= 15 is 0 Å². The van der Waals surface area contributed by atoms with E-state index in [1.165, 1.54) is 25.9 Å². The topological polar surface area (TPSA) is 52.2 Å². The molecule has 21 heavy (non-hydrogen) atoms. The molecule has 118 valence electrons. The fourth-order valence-corrected chi connectivity index (χ4v) is 2.54. The summed E-state index contributed by atoms with van der Waals surface area (Å²) in [7, 11) is 0. The average Bonchev–Trinajstić information content (AvgIpc) is 2.96. The fourth-order valence-electron chi connectivity index (χ4n) is 2.42. The molecule has 0 saturated carbocycles. The number of anilines is 1. The molecule has 0 spiro atoms. The molecule has 2 aliphatic heterocycles. The number of nitrogens with one attached hydrogen (secondary N) is 3. The van der Waals surface area contributed by atoms with Crippen LogP contribution in [0.1, 0.15) is 12.8 Å². The van der Waals surface area contributed by atoms with Gasteiger partial charge in [-0.25, -0.2) is 4.98 Å². The molecule has 0 radical (unpaired) electrons. The minimum atomic E-state index is 0.557. The second-order valence-corrected chi connectivity index (χ2v) is 5.67. The van der Waals surface area contributed by atoms with Gasteiger partial charge in [-0.1, -0.05) is 11.6 Å². The minimum Gasteiger partial charge on any atom is -0.369 e. The Hall–Kier alpha value is -0.880. The highest BCUT2D eigenvalue weighted by molar-refractivity contribution is 6.29. The van der Waals surface area contributed by atoms with E-state index in [1.807, 2.05) is 18.3 Å². The molecular formula is C15H26ClN5. The average molecular weight is 312 g/mol. The Kier molecular flexibility index (Phi) is 7.81. The zero-order chi connectivity index (χ0) is 14.8. The van der Waals surface area contributed by atoms with Crippen LogP contribution in [0.15, 0.2) is 18.3 Å². The van der Waals surface area contributed by atoms with Crippen LogP contribution in [0.25, 0.3) is 0 Å². The van der Waals surface area contributed by atoms with Gasteiger partial charge in [-0.05, 0) is 44.6 Å². The van der Waals surface area contributed by atoms with Crippen molar-refractivity contribution in [3.05, 3.63) is 23.5 Å². The molecule has 0 unspecified atom stereocenters. The monoisotopic (exact) mass is 311 g/mol. The van der Waals surface area contributed by atoms with Crippen LogP contribution in [0.5, 0.6) is 0 Å². The Bertz CT molecular complexity index is 357. The predicted octanol–water partition coefficient (Wildman–Crippen LogP) is 1.10. The zero-order valence-electron chi connectivity index (χ0n) is 12.6. The smallest absolute Gasteiger partial charge is 0.129 e. The van der Waals surface area contributed by atoms with Crippen LogP contribution in [0.4, 0.5) is 5.69 Å². The third-order valence-corrected chi connectivity index (χ3v) is 3.83. The van der Waals surface area contributed by atoms with Crippen molar-refractivity contribution in [2.75, 3.05) is 57.3 Å². The van der Waals surface area contributed by atoms with Crippen molar-refractivity contribution in [2.24, 2.45) is 0 Å². The van der Waals surface area contributed by atoms with Crippen molar-refractivity contribution in [3.8, 4) is 0 Å². The molecule has 2 aliphatic rings. The molecule has 3 N–H and O–H groups in total. The first kappa shape index (κ1) is 16.5. The largest absolute Gasteiger partial charge is 0.369 e. The van der Waals surface area contributed by atoms with Gasteiger partial charge < -0.3 is 20.9 Å². The fraction of sp³-hybridized carbons (Fsp3) is 0.667. The van der Waals surface area contributed by atoms with Gasteiger partial charge >= 0.3 is 0 Å². The third-order valence-electron chi connectivity index (χ3n) is 3.60. The van der Waals surface area contributed by atoms with Gasteiger partial charge in [0.25, 0.3) is 0 Å². The van der Waals surface area contributed by atoms with Gasteiger partial charge in [0.1, 0.15) is 5.15 Å². The number of rotatable bonds is 1. The SMILES string of the molecule is C1CNCCNC1.Clc1ccc(N2CCCNCC2)cn1. The highest BCUT2D eigenvalue weighted by Crippen LogP contribution is 2.15. The van der Waals surface area contributed by atoms with Crippen molar-refractivity contribution < 1.29 is 0 Å². The Labute approximate surface area is 132 Å². The molecule has 1 aromatic heterocycles. The maximum absolute atomic E-state index is 5.74. The molecule has 3 heterocycles. The van der Waals surface area contributed by atoms with E-state index < -0.39 is 0 Å². The summed E-state index contributed by atoms with van der Waals surface area (Å²) in [6, 6.07) is 3.87. The van der Waals surface area contributed by atoms with Crippen molar-refractivity contribution in [1.82, 2.24) is 20.9 Å². The van der Waals surface area contributed by atoms with Crippen molar-refractivity contribution >= 4 is 17.3 Å². The summed E-state index contributed by atoms with van der Waals surface area (Å²) in [5, 5.41) is 10.5. The van der Waals surface area contributed by atoms with Gasteiger partial charge in [0, 0.05) is 32.7 Å². The summed E-state index contributed by atoms with van der Waals surface area (Å²) < 4.78 is 0. The van der Waals surface area contributed by atoms with Crippen LogP contribution in [-0.2, 0) is 0 Å². The van der Waals surface area contributed by atoms with Crippen LogP contribution >= 0.6 is 11.6 Å². The highest BCUT2D eigenvalue weighted by Gasteiger charge is 2.09. The lowest BCUT2D eigenvalue weighted by atomic mass is 10.3. The molecule has 0 bridgehead atoms. The van der Waals surface area contributed by atoms with Crippen molar-refractivity contribution in [3.63, 3.8) is 0 Å². The lowest BCUT2D eigenvalue weighted by molar-refractivity contribution is 0.718. The summed E-state index contributed by atoms with van der Waals surface area (Å²) in [6.07, 6.45) is 4.30. The summed E-state index contributed by atoms with van der Waals surface area (Å²) >= 11 is 5.74. The van der Waals surface area contributed by atoms with Crippen molar-refractivity contribution in [2.45, 2.75) is 12.8 Å². The molecule has 3 rings (SSSR count). The van der Waals surface area contributed by atoms with Gasteiger partial charge in [-0.2, -0.15) is 0 Å². The van der Waals surface area contributed by atoms with Gasteiger partial charge in [0.15, 0.2) is 0 Å². The molecule has 2 saturated heterocycles. The Balaban J connectivity index is 0.000000194. The van der Waals surface area contributed by atoms with Gasteiger partial charge in [0.2, 0.25) is 0 Å². The third kappa shape index (κ3) is 6.61. The molecular weight excluding hydrogens is 286 g/mol. The number of pyridine rings is 1. The molecule has 0 atom stereocenters. The summed E-state index contributed by atoms with van der Waals surface area (Å²) in [4.78, 5) is 6.42. The number of aromatic nitrogens is 1. The first-order valence-corrected chi connectivity index (χ1v) is 8.23. The predicted molar refractivity (Wildman–Crippen MR) is 89.3 cm³/mol. The first-order chi connectivity index (χ1) is 10.4. The maximum atomic E-state index is 5.74. The molecule has 5 nitrogen and oxygen atoms in total. The zero-order valence-corrected chi connectivity index (χ0v) is 13.3. The van der Waals surface area contributed by atoms with Gasteiger partial charge in [0.05, 0.1) is 11.9 Å². The van der Waals surface area contributed by atoms with Crippen LogP contribution in [0.2, 0.25) is 5.15 Å². The van der Waals surface area contributed by atoms with E-state index in [1.54, 1.807) is 0 Å². The van der Waals surface area contributed by atoms with Gasteiger partial charge in [-0.3, -0.25) is 0 Å². The minimum absolute atomic E-state index is 0.557. The number of hydrogen-bond donors (Lipinski definition) is 3. The molecule has 0 aliphatic carbocycles. The molecule has 0 amide bonds. The maximum Gasteiger partial charge on any atom is 0.129 e. The quantitative estimate of drug-likeness (QED) is 0.678. The molecule has 6 heteroatoms. The van der Waals surface area contributed by atoms with Gasteiger partial charge in [-0.15, -0.1) is 0 Å². The highest BCUT2D eigenvalue weighted by atomic mass is 35.5. The lowest BCUT2D eigenvalue weighted by Gasteiger charge is -2.21. The number of hydrogen-bond acceptors (Lipinski definition) is 5. The second kappa shape index (κ2) is 9.95. The summed E-state index contributed by atoms with van der Waals surface area (Å²) in [6.45, 7) is 8.94. The number of nitrogens with zero attached hydrogens (tertiary/aromatic N) is 2. The Morgan fingerprint density at radius 1 is 0.857 bits per heavy atom. The van der Waals surface area contributed by atoms with E-state index in [-0.39, 0.29) is 0 Å². The van der Waals surface area contributed by atoms with E-state index in [4.69, 9.17) is 11.6 Å². The van der Waals surface area contributed by atoms with E-state index in [0.29, 0.717) is 5.15 Å². The van der Waals surface area contributed by atoms with E-state index in [9.17, 15) is 0 Å². The van der Waals surface area contributed by atoms with Crippen LogP contribution in [-0.4, -0.2) is 57.3 Å². The van der Waals surface area contributed by atoms with Crippen LogP contribution in [0.3, 0.4) is 0 Å². The first-order valence-electron chi connectivity index (χ1n) is 7.85. The Morgan fingerprint density at radius 2 is 1.57 bits per heavy atom. The lowest BCUT2D eigenvalue weighted by Crippen LogP contribution is -2.27. The summed E-state index contributed by atoms with van der Waals surface area (Å²) in [5.41, 5.74) is 1.16. The standard InChI is InChI=1S/C10H14ClN3.C5H12N2/c11-10-3-2-9(8-13-10)14-6-1-4-12-5-7-14;1-2-6-4-5-7-3-1/h2-3,8,12H,1,4-7H2;6-7H,1-5H2. The molecule has 2 fully saturated rings. The van der Waals surface area contributed by atoms with Crippen LogP contribution in [0, 0.1) is 0 Å². The normalized spacial score (nSPS) is 20.0. The molecule has 0 aromatic carbocycles. The second-order valence-electron chi connectivity index (χ2n) is 5.28. The number of halogens is 1. The van der Waals surface area contributed by atoms with E-state index in [2.05, 4.69) is 25.8 Å². The molecule has 1 aromatic rings. The summed E-state index contributed by atoms with van der Waals surface area (Å²) in [5.74, 6) is 0. The van der Waals surface area contributed by atoms with Crippen molar-refractivity contribution in [1.29, 1.82) is 0 Å². The van der Waals surface area contributed by atoms with Crippen LogP contribution < -0.4 is 20.9 Å². The Morgan fingerprint density at radius 3 is 2.29 bits per heavy atom. The van der Waals surface area contributed by atoms with E-state index in [0.717, 1.165) is 45.0 Å².